The van der Waals surface area contributed by atoms with Crippen molar-refractivity contribution in [3.05, 3.63) is 0 Å². The highest BCUT2D eigenvalue weighted by Gasteiger charge is 2.21. The second-order valence-corrected chi connectivity index (χ2v) is 5.12. The van der Waals surface area contributed by atoms with E-state index in [0.717, 1.165) is 39.0 Å². The van der Waals surface area contributed by atoms with Crippen LogP contribution in [0.3, 0.4) is 0 Å². The van der Waals surface area contributed by atoms with Crippen molar-refractivity contribution >= 4 is 0 Å². The topological polar surface area (TPSA) is 51.2 Å². The molecule has 0 aromatic heterocycles. The van der Waals surface area contributed by atoms with Gasteiger partial charge in [-0.2, -0.15) is 0 Å². The van der Waals surface area contributed by atoms with Crippen LogP contribution in [0.4, 0.5) is 0 Å². The van der Waals surface area contributed by atoms with Crippen molar-refractivity contribution in [1.29, 1.82) is 0 Å². The molecule has 0 radical (unpaired) electrons. The van der Waals surface area contributed by atoms with Gasteiger partial charge >= 0.3 is 0 Å². The van der Waals surface area contributed by atoms with Gasteiger partial charge in [0.2, 0.25) is 0 Å². The van der Waals surface area contributed by atoms with E-state index in [0.29, 0.717) is 32.5 Å². The predicted octanol–water partition coefficient (Wildman–Crippen LogP) is 0.901. The highest BCUT2D eigenvalue weighted by atomic mass is 16.5. The lowest BCUT2D eigenvalue weighted by atomic mass is 10.1. The van der Waals surface area contributed by atoms with Crippen molar-refractivity contribution in [3.8, 4) is 0 Å². The lowest BCUT2D eigenvalue weighted by molar-refractivity contribution is -0.0310. The maximum absolute atomic E-state index is 9.91. The maximum Gasteiger partial charge on any atom is 0.0900 e. The molecule has 2 unspecified atom stereocenters. The minimum atomic E-state index is -0.429. The molecule has 0 spiro atoms. The average molecular weight is 275 g/mol. The van der Waals surface area contributed by atoms with Crippen LogP contribution >= 0.6 is 0 Å². The van der Waals surface area contributed by atoms with Gasteiger partial charge in [0.1, 0.15) is 0 Å². The highest BCUT2D eigenvalue weighted by molar-refractivity contribution is 4.75. The number of methoxy groups -OCH3 is 1. The summed E-state index contributed by atoms with van der Waals surface area (Å²) in [6.45, 7) is 7.08. The first-order valence-electron chi connectivity index (χ1n) is 7.35. The van der Waals surface area contributed by atoms with Crippen molar-refractivity contribution in [2.45, 2.75) is 38.4 Å². The number of ether oxygens (including phenoxy) is 3. The Morgan fingerprint density at radius 1 is 1.32 bits per heavy atom. The zero-order chi connectivity index (χ0) is 13.9. The number of rotatable bonds is 10. The Kier molecular flexibility index (Phi) is 9.38. The van der Waals surface area contributed by atoms with Gasteiger partial charge in [-0.3, -0.25) is 4.90 Å². The molecule has 0 aromatic carbocycles. The summed E-state index contributed by atoms with van der Waals surface area (Å²) in [5.41, 5.74) is 0. The Morgan fingerprint density at radius 3 is 2.89 bits per heavy atom. The summed E-state index contributed by atoms with van der Waals surface area (Å²) in [6.07, 6.45) is 3.24. The number of β-amino-alcohol motifs (C(OH)–C–C–N with tert-alkyl or cyclic N) is 1. The molecule has 5 heteroatoms. The van der Waals surface area contributed by atoms with Crippen molar-refractivity contribution in [3.63, 3.8) is 0 Å². The Balaban J connectivity index is 2.12. The molecule has 0 aliphatic carbocycles. The molecular weight excluding hydrogens is 246 g/mol. The lowest BCUT2D eigenvalue weighted by Crippen LogP contribution is -2.44. The Hall–Kier alpha value is -0.200. The Bertz CT molecular complexity index is 216. The molecule has 1 heterocycles. The van der Waals surface area contributed by atoms with E-state index in [1.54, 1.807) is 7.11 Å². The molecule has 0 amide bonds. The second kappa shape index (κ2) is 10.6. The molecule has 1 N–H and O–H groups in total. The zero-order valence-electron chi connectivity index (χ0n) is 12.3. The van der Waals surface area contributed by atoms with Crippen LogP contribution < -0.4 is 0 Å². The Labute approximate surface area is 116 Å². The number of hydrogen-bond acceptors (Lipinski definition) is 5. The average Bonchev–Trinajstić information content (AvgIpc) is 2.42. The first kappa shape index (κ1) is 16.9. The SMILES string of the molecule is CCCOC1CCCN(CC(O)COCCOC)C1. The number of aliphatic hydroxyl groups is 1. The van der Waals surface area contributed by atoms with Gasteiger partial charge in [-0.25, -0.2) is 0 Å². The van der Waals surface area contributed by atoms with Gasteiger partial charge in [0.05, 0.1) is 32.0 Å². The summed E-state index contributed by atoms with van der Waals surface area (Å²) in [6, 6.07) is 0. The molecule has 19 heavy (non-hydrogen) atoms. The largest absolute Gasteiger partial charge is 0.389 e. The number of hydrogen-bond donors (Lipinski definition) is 1. The third-order valence-corrected chi connectivity index (χ3v) is 3.23. The van der Waals surface area contributed by atoms with Crippen LogP contribution in [0.25, 0.3) is 0 Å². The van der Waals surface area contributed by atoms with E-state index in [1.165, 1.54) is 0 Å². The van der Waals surface area contributed by atoms with Crippen LogP contribution in [-0.4, -0.2) is 75.4 Å². The van der Waals surface area contributed by atoms with Crippen molar-refractivity contribution in [2.75, 3.05) is 53.2 Å². The van der Waals surface area contributed by atoms with E-state index in [9.17, 15) is 5.11 Å². The molecule has 0 aromatic rings. The van der Waals surface area contributed by atoms with E-state index in [1.807, 2.05) is 0 Å². The fourth-order valence-corrected chi connectivity index (χ4v) is 2.31. The summed E-state index contributed by atoms with van der Waals surface area (Å²) in [5.74, 6) is 0. The number of aliphatic hydroxyl groups excluding tert-OH is 1. The molecular formula is C14H29NO4. The second-order valence-electron chi connectivity index (χ2n) is 5.12. The molecule has 114 valence electrons. The molecule has 0 saturated carbocycles. The molecule has 1 aliphatic rings. The summed E-state index contributed by atoms with van der Waals surface area (Å²) >= 11 is 0. The van der Waals surface area contributed by atoms with E-state index in [-0.39, 0.29) is 0 Å². The van der Waals surface area contributed by atoms with E-state index < -0.39 is 6.10 Å². The van der Waals surface area contributed by atoms with Crippen LogP contribution in [-0.2, 0) is 14.2 Å². The number of piperidine rings is 1. The zero-order valence-corrected chi connectivity index (χ0v) is 12.3. The molecule has 2 atom stereocenters. The molecule has 1 rings (SSSR count). The van der Waals surface area contributed by atoms with Crippen LogP contribution in [0, 0.1) is 0 Å². The van der Waals surface area contributed by atoms with Crippen LogP contribution in [0.5, 0.6) is 0 Å². The lowest BCUT2D eigenvalue weighted by Gasteiger charge is -2.33. The fourth-order valence-electron chi connectivity index (χ4n) is 2.31. The van der Waals surface area contributed by atoms with Gasteiger partial charge in [0, 0.05) is 26.8 Å². The molecule has 0 bridgehead atoms. The van der Waals surface area contributed by atoms with Gasteiger partial charge in [-0.15, -0.1) is 0 Å². The van der Waals surface area contributed by atoms with Crippen molar-refractivity contribution < 1.29 is 19.3 Å². The Morgan fingerprint density at radius 2 is 2.16 bits per heavy atom. The molecule has 1 saturated heterocycles. The van der Waals surface area contributed by atoms with Gasteiger partial charge in [0.15, 0.2) is 0 Å². The van der Waals surface area contributed by atoms with E-state index in [2.05, 4.69) is 11.8 Å². The van der Waals surface area contributed by atoms with Crippen LogP contribution in [0.1, 0.15) is 26.2 Å². The minimum Gasteiger partial charge on any atom is -0.389 e. The number of likely N-dealkylation sites (tertiary alicyclic amines) is 1. The smallest absolute Gasteiger partial charge is 0.0900 e. The molecule has 1 fully saturated rings. The highest BCUT2D eigenvalue weighted by Crippen LogP contribution is 2.13. The molecule has 5 nitrogen and oxygen atoms in total. The van der Waals surface area contributed by atoms with Crippen LogP contribution in [0.2, 0.25) is 0 Å². The van der Waals surface area contributed by atoms with Gasteiger partial charge in [-0.1, -0.05) is 6.92 Å². The summed E-state index contributed by atoms with van der Waals surface area (Å²) in [5, 5.41) is 9.91. The van der Waals surface area contributed by atoms with Crippen molar-refractivity contribution in [2.24, 2.45) is 0 Å². The summed E-state index contributed by atoms with van der Waals surface area (Å²) in [7, 11) is 1.64. The first-order chi connectivity index (χ1) is 9.26. The molecule has 1 aliphatic heterocycles. The summed E-state index contributed by atoms with van der Waals surface area (Å²) in [4.78, 5) is 2.27. The quantitative estimate of drug-likeness (QED) is 0.600. The van der Waals surface area contributed by atoms with E-state index >= 15 is 0 Å². The summed E-state index contributed by atoms with van der Waals surface area (Å²) < 4.78 is 16.0. The first-order valence-corrected chi connectivity index (χ1v) is 7.35. The predicted molar refractivity (Wildman–Crippen MR) is 74.4 cm³/mol. The van der Waals surface area contributed by atoms with E-state index in [4.69, 9.17) is 14.2 Å². The van der Waals surface area contributed by atoms with Crippen molar-refractivity contribution in [1.82, 2.24) is 4.90 Å². The third-order valence-electron chi connectivity index (χ3n) is 3.23. The standard InChI is InChI=1S/C14H29NO4/c1-3-7-19-14-5-4-6-15(11-14)10-13(16)12-18-9-8-17-2/h13-14,16H,3-12H2,1-2H3. The van der Waals surface area contributed by atoms with Gasteiger partial charge in [0.25, 0.3) is 0 Å². The van der Waals surface area contributed by atoms with Gasteiger partial charge in [-0.05, 0) is 25.8 Å². The fraction of sp³-hybridized carbons (Fsp3) is 1.00. The van der Waals surface area contributed by atoms with Gasteiger partial charge < -0.3 is 19.3 Å². The minimum absolute atomic E-state index is 0.329. The maximum atomic E-state index is 9.91. The monoisotopic (exact) mass is 275 g/mol. The third kappa shape index (κ3) is 7.84. The van der Waals surface area contributed by atoms with Crippen LogP contribution in [0.15, 0.2) is 0 Å². The normalized spacial score (nSPS) is 22.6. The number of nitrogens with zero attached hydrogens (tertiary/aromatic N) is 1.